The maximum absolute atomic E-state index is 11.9. The van der Waals surface area contributed by atoms with Gasteiger partial charge < -0.3 is 24.6 Å². The molecule has 0 radical (unpaired) electrons. The molecule has 4 N–H and O–H groups in total. The number of aliphatic imine (C=N–C) groups is 3. The fourth-order valence-corrected chi connectivity index (χ4v) is 2.94. The van der Waals surface area contributed by atoms with Gasteiger partial charge in [0.05, 0.1) is 5.41 Å². The van der Waals surface area contributed by atoms with E-state index in [9.17, 15) is 15.0 Å². The van der Waals surface area contributed by atoms with Gasteiger partial charge in [-0.25, -0.2) is 9.98 Å². The molecule has 0 bridgehead atoms. The minimum absolute atomic E-state index is 0.0894. The fraction of sp³-hybridized carbons (Fsp3) is 0.733. The van der Waals surface area contributed by atoms with Crippen molar-refractivity contribution in [3.05, 3.63) is 0 Å². The van der Waals surface area contributed by atoms with Gasteiger partial charge in [-0.3, -0.25) is 15.5 Å². The molecule has 3 heterocycles. The monoisotopic (exact) mass is 387 g/mol. The van der Waals surface area contributed by atoms with Gasteiger partial charge >= 0.3 is 5.97 Å². The molecule has 26 heavy (non-hydrogen) atoms. The number of hydrogen-bond donors (Lipinski definition) is 3. The Morgan fingerprint density at radius 2 is 2.19 bits per heavy atom. The molecule has 0 amide bonds. The SMILES string of the molecule is CC(C)(C)C(=O)OC[C@H]1O[C@@H](N2CN=C3C2=NC=NC3(N)Cl)[C@H](O)[C@@H]1O. The van der Waals surface area contributed by atoms with Crippen LogP contribution in [0.3, 0.4) is 0 Å². The molecule has 144 valence electrons. The van der Waals surface area contributed by atoms with Crippen molar-refractivity contribution in [1.29, 1.82) is 0 Å². The largest absolute Gasteiger partial charge is 0.462 e. The number of nitrogens with zero attached hydrogens (tertiary/aromatic N) is 4. The van der Waals surface area contributed by atoms with Crippen molar-refractivity contribution in [3.8, 4) is 0 Å². The van der Waals surface area contributed by atoms with Crippen molar-refractivity contribution < 1.29 is 24.5 Å². The summed E-state index contributed by atoms with van der Waals surface area (Å²) in [6.45, 7) is 5.06. The highest BCUT2D eigenvalue weighted by Crippen LogP contribution is 2.30. The Balaban J connectivity index is 1.69. The lowest BCUT2D eigenvalue weighted by atomic mass is 9.97. The standard InChI is InChI=1S/C15H22ClN5O5/c1-14(2,3)13(24)25-4-7-8(22)9(23)12(26-7)21-6-19-10-11(21)18-5-20-15(10,16)17/h5,7-9,12,22-23H,4,6,17H2,1-3H3/t7-,8-,9-,12-,15?/m1/s1. The van der Waals surface area contributed by atoms with E-state index in [1.54, 1.807) is 20.8 Å². The normalized spacial score (nSPS) is 36.7. The molecule has 1 saturated heterocycles. The van der Waals surface area contributed by atoms with Gasteiger partial charge in [0.25, 0.3) is 0 Å². The van der Waals surface area contributed by atoms with Crippen molar-refractivity contribution in [2.24, 2.45) is 26.1 Å². The highest BCUT2D eigenvalue weighted by Gasteiger charge is 2.50. The second-order valence-corrected chi connectivity index (χ2v) is 7.96. The quantitative estimate of drug-likeness (QED) is 0.321. The van der Waals surface area contributed by atoms with Gasteiger partial charge in [-0.15, -0.1) is 0 Å². The molecular weight excluding hydrogens is 366 g/mol. The van der Waals surface area contributed by atoms with Crippen LogP contribution in [0.1, 0.15) is 20.8 Å². The zero-order chi connectivity index (χ0) is 19.3. The third-order valence-corrected chi connectivity index (χ3v) is 4.53. The maximum Gasteiger partial charge on any atom is 0.311 e. The second kappa shape index (κ2) is 6.54. The number of rotatable bonds is 3. The summed E-state index contributed by atoms with van der Waals surface area (Å²) < 4.78 is 10.9. The molecule has 0 spiro atoms. The van der Waals surface area contributed by atoms with E-state index in [0.717, 1.165) is 0 Å². The zero-order valence-corrected chi connectivity index (χ0v) is 15.4. The third kappa shape index (κ3) is 3.35. The molecular formula is C15H22ClN5O5. The van der Waals surface area contributed by atoms with E-state index in [0.29, 0.717) is 5.84 Å². The molecule has 3 rings (SSSR count). The van der Waals surface area contributed by atoms with Gasteiger partial charge in [0.15, 0.2) is 12.1 Å². The van der Waals surface area contributed by atoms with E-state index < -0.39 is 41.0 Å². The molecule has 0 aromatic heterocycles. The second-order valence-electron chi connectivity index (χ2n) is 7.38. The smallest absolute Gasteiger partial charge is 0.311 e. The molecule has 0 aromatic rings. The van der Waals surface area contributed by atoms with E-state index in [2.05, 4.69) is 15.0 Å². The minimum Gasteiger partial charge on any atom is -0.462 e. The first-order valence-corrected chi connectivity index (χ1v) is 8.50. The Kier molecular flexibility index (Phi) is 4.82. The average Bonchev–Trinajstić information content (AvgIpc) is 3.08. The summed E-state index contributed by atoms with van der Waals surface area (Å²) in [5.41, 5.74) is 5.43. The Morgan fingerprint density at radius 3 is 2.85 bits per heavy atom. The van der Waals surface area contributed by atoms with E-state index in [1.165, 1.54) is 11.2 Å². The number of hydrogen-bond acceptors (Lipinski definition) is 10. The molecule has 0 aromatic carbocycles. The van der Waals surface area contributed by atoms with Crippen LogP contribution in [0.5, 0.6) is 0 Å². The number of ether oxygens (including phenoxy) is 2. The number of esters is 1. The summed E-state index contributed by atoms with van der Waals surface area (Å²) in [4.78, 5) is 25.6. The van der Waals surface area contributed by atoms with Gasteiger partial charge in [0.2, 0.25) is 5.12 Å². The van der Waals surface area contributed by atoms with Crippen LogP contribution in [0.25, 0.3) is 0 Å². The molecule has 1 fully saturated rings. The fourth-order valence-electron chi connectivity index (χ4n) is 2.75. The Morgan fingerprint density at radius 1 is 1.50 bits per heavy atom. The van der Waals surface area contributed by atoms with E-state index >= 15 is 0 Å². The predicted molar refractivity (Wildman–Crippen MR) is 93.9 cm³/mol. The zero-order valence-electron chi connectivity index (χ0n) is 14.7. The molecule has 10 nitrogen and oxygen atoms in total. The summed E-state index contributed by atoms with van der Waals surface area (Å²) in [6.07, 6.45) is -3.12. The minimum atomic E-state index is -1.53. The number of halogens is 1. The van der Waals surface area contributed by atoms with Crippen LogP contribution in [-0.4, -0.2) is 81.9 Å². The number of amidine groups is 1. The molecule has 3 aliphatic heterocycles. The summed E-state index contributed by atoms with van der Waals surface area (Å²) in [5, 5.41) is 19.1. The number of fused-ring (bicyclic) bond motifs is 1. The lowest BCUT2D eigenvalue weighted by molar-refractivity contribution is -0.159. The average molecular weight is 388 g/mol. The number of alkyl halides is 1. The van der Waals surface area contributed by atoms with Crippen LogP contribution in [-0.2, 0) is 14.3 Å². The van der Waals surface area contributed by atoms with E-state index in [-0.39, 0.29) is 19.0 Å². The topological polar surface area (TPSA) is 142 Å². The van der Waals surface area contributed by atoms with Crippen LogP contribution in [0, 0.1) is 5.41 Å². The number of carbonyl (C=O) groups excluding carboxylic acids is 1. The molecule has 0 saturated carbocycles. The highest BCUT2D eigenvalue weighted by molar-refractivity contribution is 6.56. The Labute approximate surface area is 155 Å². The summed E-state index contributed by atoms with van der Waals surface area (Å²) >= 11 is 6.10. The van der Waals surface area contributed by atoms with Crippen molar-refractivity contribution in [2.45, 2.75) is 50.4 Å². The van der Waals surface area contributed by atoms with Gasteiger partial charge in [-0.2, -0.15) is 0 Å². The number of carbonyl (C=O) groups is 1. The molecule has 1 unspecified atom stereocenters. The van der Waals surface area contributed by atoms with Crippen LogP contribution in [0.15, 0.2) is 15.0 Å². The lowest BCUT2D eigenvalue weighted by Gasteiger charge is -2.30. The Bertz CT molecular complexity index is 686. The first-order chi connectivity index (χ1) is 12.0. The van der Waals surface area contributed by atoms with Gasteiger partial charge in [-0.1, -0.05) is 11.6 Å². The summed E-state index contributed by atoms with van der Waals surface area (Å²) in [7, 11) is 0. The van der Waals surface area contributed by atoms with E-state index in [1.807, 2.05) is 0 Å². The van der Waals surface area contributed by atoms with Crippen molar-refractivity contribution >= 4 is 35.5 Å². The van der Waals surface area contributed by atoms with Crippen LogP contribution >= 0.6 is 11.6 Å². The number of nitrogens with two attached hydrogens (primary N) is 1. The molecule has 5 atom stereocenters. The van der Waals surface area contributed by atoms with Crippen molar-refractivity contribution in [3.63, 3.8) is 0 Å². The molecule has 0 aliphatic carbocycles. The molecule has 11 heteroatoms. The van der Waals surface area contributed by atoms with Crippen molar-refractivity contribution in [2.75, 3.05) is 13.3 Å². The predicted octanol–water partition coefficient (Wildman–Crippen LogP) is -0.972. The van der Waals surface area contributed by atoms with Crippen molar-refractivity contribution in [1.82, 2.24) is 4.90 Å². The summed E-state index contributed by atoms with van der Waals surface area (Å²) in [6, 6.07) is 0. The first-order valence-electron chi connectivity index (χ1n) is 8.12. The van der Waals surface area contributed by atoms with Gasteiger partial charge in [0, 0.05) is 0 Å². The highest BCUT2D eigenvalue weighted by atomic mass is 35.5. The molecule has 3 aliphatic rings. The van der Waals surface area contributed by atoms with Crippen LogP contribution in [0.2, 0.25) is 0 Å². The Hall–Kier alpha value is -1.59. The van der Waals surface area contributed by atoms with Crippen LogP contribution in [0.4, 0.5) is 0 Å². The van der Waals surface area contributed by atoms with Crippen LogP contribution < -0.4 is 5.73 Å². The lowest BCUT2D eigenvalue weighted by Crippen LogP contribution is -2.52. The number of aliphatic hydroxyl groups excluding tert-OH is 2. The van der Waals surface area contributed by atoms with Gasteiger partial charge in [-0.05, 0) is 20.8 Å². The third-order valence-electron chi connectivity index (χ3n) is 4.26. The van der Waals surface area contributed by atoms with E-state index in [4.69, 9.17) is 26.8 Å². The maximum atomic E-state index is 11.9. The summed E-state index contributed by atoms with van der Waals surface area (Å²) in [5.74, 6) is -0.109. The number of aliphatic hydroxyl groups is 2. The van der Waals surface area contributed by atoms with Gasteiger partial charge in [0.1, 0.15) is 43.6 Å². The first kappa shape index (κ1) is 19.2.